The fourth-order valence-electron chi connectivity index (χ4n) is 1.96. The van der Waals surface area contributed by atoms with Gasteiger partial charge < -0.3 is 0 Å². The number of amides is 1. The van der Waals surface area contributed by atoms with Gasteiger partial charge in [0.2, 0.25) is 10.0 Å². The second-order valence-electron chi connectivity index (χ2n) is 5.63. The van der Waals surface area contributed by atoms with Crippen molar-refractivity contribution in [1.82, 2.24) is 14.6 Å². The molecular formula is C17H19N3O5S2. The average Bonchev–Trinajstić information content (AvgIpc) is 2.65. The van der Waals surface area contributed by atoms with Crippen LogP contribution in [-0.2, 0) is 20.0 Å². The normalized spacial score (nSPS) is 12.4. The van der Waals surface area contributed by atoms with E-state index in [-0.39, 0.29) is 10.5 Å². The standard InChI is InChI=1S/C17H19N3O5S2/c1-20(2)27(24,25)16-10-6-9-15(13-16)17(21)18-19-26(22,23)12-11-14-7-4-3-5-8-14/h3-13,19H,1-2H3,(H,18,21)/b12-11+. The van der Waals surface area contributed by atoms with Gasteiger partial charge in [-0.25, -0.2) is 21.1 Å². The van der Waals surface area contributed by atoms with E-state index < -0.39 is 26.0 Å². The molecule has 0 spiro atoms. The lowest BCUT2D eigenvalue weighted by molar-refractivity contribution is 0.0945. The minimum atomic E-state index is -3.92. The summed E-state index contributed by atoms with van der Waals surface area (Å²) in [7, 11) is -4.90. The lowest BCUT2D eigenvalue weighted by Crippen LogP contribution is -2.40. The monoisotopic (exact) mass is 409 g/mol. The van der Waals surface area contributed by atoms with Gasteiger partial charge in [-0.3, -0.25) is 10.2 Å². The Balaban J connectivity index is 2.08. The van der Waals surface area contributed by atoms with E-state index in [2.05, 4.69) is 0 Å². The van der Waals surface area contributed by atoms with Crippen LogP contribution in [-0.4, -0.2) is 41.1 Å². The van der Waals surface area contributed by atoms with Gasteiger partial charge >= 0.3 is 0 Å². The first kappa shape index (κ1) is 20.8. The summed E-state index contributed by atoms with van der Waals surface area (Å²) in [6.45, 7) is 0. The highest BCUT2D eigenvalue weighted by Crippen LogP contribution is 2.14. The zero-order valence-corrected chi connectivity index (χ0v) is 16.3. The van der Waals surface area contributed by atoms with E-state index in [0.29, 0.717) is 5.56 Å². The van der Waals surface area contributed by atoms with Crippen molar-refractivity contribution in [2.75, 3.05) is 14.1 Å². The van der Waals surface area contributed by atoms with Crippen LogP contribution >= 0.6 is 0 Å². The SMILES string of the molecule is CN(C)S(=O)(=O)c1cccc(C(=O)NNS(=O)(=O)/C=C/c2ccccc2)c1. The third-order valence-corrected chi connectivity index (χ3v) is 6.11. The Bertz CT molecular complexity index is 1050. The molecule has 2 N–H and O–H groups in total. The summed E-state index contributed by atoms with van der Waals surface area (Å²) in [4.78, 5) is 14.0. The van der Waals surface area contributed by atoms with Crippen LogP contribution in [0.2, 0.25) is 0 Å². The number of carbonyl (C=O) groups is 1. The predicted octanol–water partition coefficient (Wildman–Crippen LogP) is 1.17. The molecule has 144 valence electrons. The highest BCUT2D eigenvalue weighted by atomic mass is 32.2. The van der Waals surface area contributed by atoms with Gasteiger partial charge in [0.05, 0.1) is 4.90 Å². The Hall–Kier alpha value is -2.53. The molecular weight excluding hydrogens is 390 g/mol. The number of carbonyl (C=O) groups excluding carboxylic acids is 1. The molecule has 0 heterocycles. The van der Waals surface area contributed by atoms with Crippen molar-refractivity contribution >= 4 is 32.0 Å². The number of rotatable bonds is 7. The molecule has 0 fully saturated rings. The smallest absolute Gasteiger partial charge is 0.266 e. The summed E-state index contributed by atoms with van der Waals surface area (Å²) < 4.78 is 49.1. The minimum absolute atomic E-state index is 0.00679. The number of nitrogens with zero attached hydrogens (tertiary/aromatic N) is 1. The molecule has 0 aromatic heterocycles. The molecule has 1 amide bonds. The molecule has 2 rings (SSSR count). The molecule has 27 heavy (non-hydrogen) atoms. The summed E-state index contributed by atoms with van der Waals surface area (Å²) in [6.07, 6.45) is 1.37. The van der Waals surface area contributed by atoms with E-state index >= 15 is 0 Å². The van der Waals surface area contributed by atoms with E-state index in [0.717, 1.165) is 9.71 Å². The van der Waals surface area contributed by atoms with Gasteiger partial charge in [-0.1, -0.05) is 36.4 Å². The van der Waals surface area contributed by atoms with Gasteiger partial charge in [-0.05, 0) is 29.8 Å². The zero-order valence-electron chi connectivity index (χ0n) is 14.7. The molecule has 0 atom stereocenters. The minimum Gasteiger partial charge on any atom is -0.274 e. The van der Waals surface area contributed by atoms with Crippen molar-refractivity contribution in [2.45, 2.75) is 4.90 Å². The number of hydrazine groups is 1. The number of hydrogen-bond acceptors (Lipinski definition) is 5. The molecule has 0 unspecified atom stereocenters. The molecule has 2 aromatic rings. The topological polar surface area (TPSA) is 113 Å². The summed E-state index contributed by atoms with van der Waals surface area (Å²) in [6, 6.07) is 14.1. The average molecular weight is 409 g/mol. The van der Waals surface area contributed by atoms with Crippen molar-refractivity contribution in [3.05, 3.63) is 71.1 Å². The van der Waals surface area contributed by atoms with Crippen LogP contribution < -0.4 is 10.3 Å². The van der Waals surface area contributed by atoms with Gasteiger partial charge in [0.1, 0.15) is 0 Å². The van der Waals surface area contributed by atoms with Gasteiger partial charge in [-0.15, -0.1) is 4.83 Å². The van der Waals surface area contributed by atoms with Crippen molar-refractivity contribution in [1.29, 1.82) is 0 Å². The van der Waals surface area contributed by atoms with Crippen molar-refractivity contribution in [3.63, 3.8) is 0 Å². The van der Waals surface area contributed by atoms with Crippen molar-refractivity contribution < 1.29 is 21.6 Å². The van der Waals surface area contributed by atoms with Crippen LogP contribution in [0.25, 0.3) is 6.08 Å². The van der Waals surface area contributed by atoms with Crippen LogP contribution in [0.15, 0.2) is 64.9 Å². The number of nitrogens with one attached hydrogen (secondary N) is 2. The molecule has 0 saturated heterocycles. The van der Waals surface area contributed by atoms with Crippen molar-refractivity contribution in [2.24, 2.45) is 0 Å². The van der Waals surface area contributed by atoms with Gasteiger partial charge in [-0.2, -0.15) is 0 Å². The van der Waals surface area contributed by atoms with Crippen molar-refractivity contribution in [3.8, 4) is 0 Å². The van der Waals surface area contributed by atoms with Crippen LogP contribution in [0.4, 0.5) is 0 Å². The molecule has 0 aliphatic rings. The number of benzene rings is 2. The summed E-state index contributed by atoms with van der Waals surface area (Å²) in [5.41, 5.74) is 2.72. The molecule has 0 saturated carbocycles. The molecule has 0 aliphatic heterocycles. The first-order chi connectivity index (χ1) is 12.6. The van der Waals surface area contributed by atoms with E-state index in [4.69, 9.17) is 0 Å². The lowest BCUT2D eigenvalue weighted by Gasteiger charge is -2.12. The second-order valence-corrected chi connectivity index (χ2v) is 9.35. The molecule has 2 aromatic carbocycles. The maximum atomic E-state index is 12.1. The maximum absolute atomic E-state index is 12.1. The first-order valence-electron chi connectivity index (χ1n) is 7.70. The fourth-order valence-corrected chi connectivity index (χ4v) is 3.55. The Morgan fingerprint density at radius 3 is 2.26 bits per heavy atom. The Labute approximate surface area is 158 Å². The summed E-state index contributed by atoms with van der Waals surface area (Å²) >= 11 is 0. The molecule has 0 aliphatic carbocycles. The van der Waals surface area contributed by atoms with Crippen LogP contribution in [0, 0.1) is 0 Å². The van der Waals surface area contributed by atoms with E-state index in [9.17, 15) is 21.6 Å². The van der Waals surface area contributed by atoms with Crippen LogP contribution in [0.1, 0.15) is 15.9 Å². The number of hydrogen-bond donors (Lipinski definition) is 2. The van der Waals surface area contributed by atoms with E-state index in [1.165, 1.54) is 44.4 Å². The Morgan fingerprint density at radius 2 is 1.63 bits per heavy atom. The molecule has 8 nitrogen and oxygen atoms in total. The quantitative estimate of drug-likeness (QED) is 0.667. The Morgan fingerprint density at radius 1 is 0.963 bits per heavy atom. The van der Waals surface area contributed by atoms with Gasteiger partial charge in [0.25, 0.3) is 15.9 Å². The maximum Gasteiger partial charge on any atom is 0.266 e. The largest absolute Gasteiger partial charge is 0.274 e. The third kappa shape index (κ3) is 5.73. The predicted molar refractivity (Wildman–Crippen MR) is 102 cm³/mol. The Kier molecular flexibility index (Phi) is 6.50. The van der Waals surface area contributed by atoms with Crippen LogP contribution in [0.5, 0.6) is 0 Å². The summed E-state index contributed by atoms with van der Waals surface area (Å²) in [5, 5.41) is 0.912. The van der Waals surface area contributed by atoms with E-state index in [1.807, 2.05) is 10.3 Å². The highest BCUT2D eigenvalue weighted by Gasteiger charge is 2.19. The first-order valence-corrected chi connectivity index (χ1v) is 10.7. The molecule has 0 radical (unpaired) electrons. The fraction of sp³-hybridized carbons (Fsp3) is 0.118. The van der Waals surface area contributed by atoms with Crippen LogP contribution in [0.3, 0.4) is 0 Å². The number of sulfonamides is 2. The third-order valence-electron chi connectivity index (χ3n) is 3.42. The lowest BCUT2D eigenvalue weighted by atomic mass is 10.2. The van der Waals surface area contributed by atoms with Gasteiger partial charge in [0.15, 0.2) is 0 Å². The van der Waals surface area contributed by atoms with E-state index in [1.54, 1.807) is 30.3 Å². The molecule has 0 bridgehead atoms. The zero-order chi connectivity index (χ0) is 20.1. The second kappa shape index (κ2) is 8.44. The highest BCUT2D eigenvalue weighted by molar-refractivity contribution is 7.92. The summed E-state index contributed by atoms with van der Waals surface area (Å²) in [5.74, 6) is -0.789. The van der Waals surface area contributed by atoms with Gasteiger partial charge in [0, 0.05) is 25.1 Å². The molecule has 10 heteroatoms.